The van der Waals surface area contributed by atoms with Gasteiger partial charge in [-0.05, 0) is 18.9 Å². The van der Waals surface area contributed by atoms with E-state index in [1.807, 2.05) is 4.90 Å². The average Bonchev–Trinajstić information content (AvgIpc) is 2.76. The summed E-state index contributed by atoms with van der Waals surface area (Å²) in [6.07, 6.45) is -0.274. The normalized spacial score (nSPS) is 22.3. The summed E-state index contributed by atoms with van der Waals surface area (Å²) in [5.74, 6) is -1.92. The van der Waals surface area contributed by atoms with Crippen LogP contribution < -0.4 is 0 Å². The van der Waals surface area contributed by atoms with E-state index in [1.165, 1.54) is 12.1 Å². The Morgan fingerprint density at radius 1 is 1.39 bits per heavy atom. The van der Waals surface area contributed by atoms with Crippen molar-refractivity contribution in [3.63, 3.8) is 0 Å². The van der Waals surface area contributed by atoms with E-state index < -0.39 is 17.7 Å². The molecular formula is C13H17F2NO2. The van der Waals surface area contributed by atoms with Crippen LogP contribution in [0.25, 0.3) is 0 Å². The highest BCUT2D eigenvalue weighted by Gasteiger charge is 2.22. The molecule has 2 rings (SSSR count). The Bertz CT molecular complexity index is 414. The van der Waals surface area contributed by atoms with Gasteiger partial charge in [-0.1, -0.05) is 12.1 Å². The molecule has 0 saturated carbocycles. The first-order valence-electron chi connectivity index (χ1n) is 6.10. The Balaban J connectivity index is 1.91. The van der Waals surface area contributed by atoms with Crippen LogP contribution in [0, 0.1) is 11.6 Å². The zero-order valence-corrected chi connectivity index (χ0v) is 10.0. The number of halogens is 2. The summed E-state index contributed by atoms with van der Waals surface area (Å²) in [4.78, 5) is 2.01. The van der Waals surface area contributed by atoms with Crippen LogP contribution in [-0.4, -0.2) is 40.9 Å². The summed E-state index contributed by atoms with van der Waals surface area (Å²) in [5.41, 5.74) is -0.00487. The monoisotopic (exact) mass is 257 g/mol. The number of β-amino-alcohol motifs (C(OH)–C–C–N with tert-alkyl or cyclic N) is 1. The van der Waals surface area contributed by atoms with E-state index in [-0.39, 0.29) is 11.7 Å². The molecule has 1 aliphatic rings. The molecule has 0 aromatic heterocycles. The Labute approximate surface area is 105 Å². The van der Waals surface area contributed by atoms with Gasteiger partial charge in [-0.3, -0.25) is 0 Å². The molecule has 0 amide bonds. The van der Waals surface area contributed by atoms with E-state index in [2.05, 4.69) is 0 Å². The Morgan fingerprint density at radius 2 is 2.17 bits per heavy atom. The number of rotatable bonds is 4. The Hall–Kier alpha value is -1.04. The second-order valence-corrected chi connectivity index (χ2v) is 4.69. The first kappa shape index (κ1) is 13.4. The van der Waals surface area contributed by atoms with Crippen molar-refractivity contribution in [3.8, 4) is 0 Å². The molecule has 1 heterocycles. The van der Waals surface area contributed by atoms with Gasteiger partial charge in [0.05, 0.1) is 12.2 Å². The lowest BCUT2D eigenvalue weighted by atomic mass is 10.1. The molecule has 1 saturated heterocycles. The maximum Gasteiger partial charge on any atom is 0.164 e. The van der Waals surface area contributed by atoms with E-state index in [9.17, 15) is 19.0 Å². The number of aliphatic hydroxyl groups is 2. The van der Waals surface area contributed by atoms with Crippen molar-refractivity contribution in [1.82, 2.24) is 4.90 Å². The molecule has 3 nitrogen and oxygen atoms in total. The van der Waals surface area contributed by atoms with Crippen LogP contribution in [0.15, 0.2) is 18.2 Å². The molecule has 100 valence electrons. The van der Waals surface area contributed by atoms with E-state index in [0.717, 1.165) is 19.0 Å². The van der Waals surface area contributed by atoms with E-state index in [1.54, 1.807) is 0 Å². The topological polar surface area (TPSA) is 43.7 Å². The van der Waals surface area contributed by atoms with Gasteiger partial charge in [-0.15, -0.1) is 0 Å². The first-order chi connectivity index (χ1) is 8.58. The minimum atomic E-state index is -1.02. The van der Waals surface area contributed by atoms with Crippen molar-refractivity contribution in [3.05, 3.63) is 35.4 Å². The average molecular weight is 257 g/mol. The largest absolute Gasteiger partial charge is 0.392 e. The summed E-state index contributed by atoms with van der Waals surface area (Å²) in [7, 11) is 0. The van der Waals surface area contributed by atoms with Gasteiger partial charge in [0.25, 0.3) is 0 Å². The van der Waals surface area contributed by atoms with Gasteiger partial charge in [0.2, 0.25) is 0 Å². The third-order valence-corrected chi connectivity index (χ3v) is 3.31. The lowest BCUT2D eigenvalue weighted by molar-refractivity contribution is 0.134. The molecule has 0 aliphatic carbocycles. The Morgan fingerprint density at radius 3 is 2.83 bits per heavy atom. The number of hydrogen-bond donors (Lipinski definition) is 2. The molecule has 1 aromatic carbocycles. The van der Waals surface area contributed by atoms with Crippen LogP contribution in [0.5, 0.6) is 0 Å². The second kappa shape index (κ2) is 5.73. The fraction of sp³-hybridized carbons (Fsp3) is 0.538. The van der Waals surface area contributed by atoms with Crippen LogP contribution >= 0.6 is 0 Å². The number of benzene rings is 1. The van der Waals surface area contributed by atoms with Gasteiger partial charge in [0, 0.05) is 25.2 Å². The van der Waals surface area contributed by atoms with E-state index in [4.69, 9.17) is 0 Å². The maximum absolute atomic E-state index is 13.4. The number of aliphatic hydroxyl groups excluding tert-OH is 2. The number of likely N-dealkylation sites (tertiary alicyclic amines) is 1. The minimum Gasteiger partial charge on any atom is -0.392 e. The fourth-order valence-corrected chi connectivity index (χ4v) is 2.25. The van der Waals surface area contributed by atoms with Gasteiger partial charge in [0.15, 0.2) is 11.6 Å². The first-order valence-corrected chi connectivity index (χ1v) is 6.10. The van der Waals surface area contributed by atoms with Crippen molar-refractivity contribution >= 4 is 0 Å². The highest BCUT2D eigenvalue weighted by molar-refractivity contribution is 5.21. The molecule has 0 spiro atoms. The van der Waals surface area contributed by atoms with Gasteiger partial charge < -0.3 is 15.1 Å². The van der Waals surface area contributed by atoms with Crippen LogP contribution in [-0.2, 0) is 0 Å². The summed E-state index contributed by atoms with van der Waals surface area (Å²) in [6, 6.07) is 3.81. The molecule has 1 fully saturated rings. The van der Waals surface area contributed by atoms with E-state index >= 15 is 0 Å². The van der Waals surface area contributed by atoms with Gasteiger partial charge in [-0.25, -0.2) is 8.78 Å². The summed E-state index contributed by atoms with van der Waals surface area (Å²) < 4.78 is 26.4. The minimum absolute atomic E-state index is 0.00487. The molecule has 0 bridgehead atoms. The molecule has 5 heteroatoms. The highest BCUT2D eigenvalue weighted by Crippen LogP contribution is 2.22. The smallest absolute Gasteiger partial charge is 0.164 e. The van der Waals surface area contributed by atoms with Crippen LogP contribution in [0.1, 0.15) is 24.5 Å². The Kier molecular flexibility index (Phi) is 4.27. The van der Waals surface area contributed by atoms with Crippen LogP contribution in [0.4, 0.5) is 8.78 Å². The van der Waals surface area contributed by atoms with Crippen molar-refractivity contribution in [1.29, 1.82) is 0 Å². The SMILES string of the molecule is OC1CCN(CCC(O)c2cccc(F)c2F)C1. The third-order valence-electron chi connectivity index (χ3n) is 3.31. The summed E-state index contributed by atoms with van der Waals surface area (Å²) in [5, 5.41) is 19.2. The molecule has 2 atom stereocenters. The molecule has 2 N–H and O–H groups in total. The van der Waals surface area contributed by atoms with Crippen molar-refractivity contribution in [2.45, 2.75) is 25.0 Å². The molecule has 0 radical (unpaired) electrons. The number of hydrogen-bond acceptors (Lipinski definition) is 3. The van der Waals surface area contributed by atoms with Gasteiger partial charge >= 0.3 is 0 Å². The van der Waals surface area contributed by atoms with Gasteiger partial charge in [-0.2, -0.15) is 0 Å². The lowest BCUT2D eigenvalue weighted by Crippen LogP contribution is -2.24. The molecule has 1 aliphatic heterocycles. The summed E-state index contributed by atoms with van der Waals surface area (Å²) >= 11 is 0. The number of nitrogens with zero attached hydrogens (tertiary/aromatic N) is 1. The molecular weight excluding hydrogens is 240 g/mol. The van der Waals surface area contributed by atoms with Gasteiger partial charge in [0.1, 0.15) is 0 Å². The highest BCUT2D eigenvalue weighted by atomic mass is 19.2. The van der Waals surface area contributed by atoms with Crippen LogP contribution in [0.3, 0.4) is 0 Å². The molecule has 1 aromatic rings. The predicted octanol–water partition coefficient (Wildman–Crippen LogP) is 1.45. The quantitative estimate of drug-likeness (QED) is 0.858. The molecule has 18 heavy (non-hydrogen) atoms. The zero-order valence-electron chi connectivity index (χ0n) is 10.0. The lowest BCUT2D eigenvalue weighted by Gasteiger charge is -2.18. The van der Waals surface area contributed by atoms with Crippen molar-refractivity contribution in [2.24, 2.45) is 0 Å². The van der Waals surface area contributed by atoms with Crippen LogP contribution in [0.2, 0.25) is 0 Å². The maximum atomic E-state index is 13.4. The predicted molar refractivity (Wildman–Crippen MR) is 63.0 cm³/mol. The standard InChI is InChI=1S/C13H17F2NO2/c14-11-3-1-2-10(13(11)15)12(18)5-7-16-6-4-9(17)8-16/h1-3,9,12,17-18H,4-8H2. The zero-order chi connectivity index (χ0) is 13.1. The fourth-order valence-electron chi connectivity index (χ4n) is 2.25. The summed E-state index contributed by atoms with van der Waals surface area (Å²) in [6.45, 7) is 1.92. The van der Waals surface area contributed by atoms with E-state index in [0.29, 0.717) is 19.5 Å². The second-order valence-electron chi connectivity index (χ2n) is 4.69. The third kappa shape index (κ3) is 3.04. The van der Waals surface area contributed by atoms with Crippen molar-refractivity contribution in [2.75, 3.05) is 19.6 Å². The molecule has 2 unspecified atom stereocenters. The van der Waals surface area contributed by atoms with Crippen molar-refractivity contribution < 1.29 is 19.0 Å².